The molecule has 3 aliphatic rings. The fraction of sp³-hybridized carbons (Fsp3) is 1.00. The van der Waals surface area contributed by atoms with Gasteiger partial charge in [-0.3, -0.25) is 4.90 Å². The van der Waals surface area contributed by atoms with Gasteiger partial charge in [-0.05, 0) is 51.5 Å². The first-order valence-corrected chi connectivity index (χ1v) is 9.98. The van der Waals surface area contributed by atoms with Gasteiger partial charge in [-0.1, -0.05) is 0 Å². The minimum Gasteiger partial charge on any atom is -0.381 e. The van der Waals surface area contributed by atoms with Crippen LogP contribution in [0.1, 0.15) is 39.0 Å². The van der Waals surface area contributed by atoms with Crippen molar-refractivity contribution in [2.75, 3.05) is 38.6 Å². The molecule has 3 rings (SSSR count). The molecule has 3 saturated heterocycles. The Labute approximate surface area is 128 Å². The van der Waals surface area contributed by atoms with Gasteiger partial charge in [0.1, 0.15) is 0 Å². The van der Waals surface area contributed by atoms with Crippen LogP contribution >= 0.6 is 0 Å². The zero-order valence-corrected chi connectivity index (χ0v) is 13.9. The van der Waals surface area contributed by atoms with Crippen molar-refractivity contribution in [3.05, 3.63) is 0 Å². The molecule has 3 aliphatic heterocycles. The number of ether oxygens (including phenoxy) is 1. The number of hydrogen-bond acceptors (Lipinski definition) is 4. The molecule has 0 saturated carbocycles. The Balaban J connectivity index is 1.58. The highest BCUT2D eigenvalue weighted by Crippen LogP contribution is 2.27. The highest BCUT2D eigenvalue weighted by Gasteiger charge is 2.39. The summed E-state index contributed by atoms with van der Waals surface area (Å²) < 4.78 is 32.5. The molecule has 3 fully saturated rings. The van der Waals surface area contributed by atoms with E-state index in [2.05, 4.69) is 11.8 Å². The number of piperazine rings is 1. The van der Waals surface area contributed by atoms with Gasteiger partial charge in [0, 0.05) is 38.4 Å². The third kappa shape index (κ3) is 3.60. The lowest BCUT2D eigenvalue weighted by molar-refractivity contribution is 0.0652. The summed E-state index contributed by atoms with van der Waals surface area (Å²) in [7, 11) is -3.10. The second kappa shape index (κ2) is 6.52. The van der Waals surface area contributed by atoms with Gasteiger partial charge in [-0.15, -0.1) is 0 Å². The van der Waals surface area contributed by atoms with Gasteiger partial charge in [0.25, 0.3) is 0 Å². The molecule has 6 heteroatoms. The summed E-state index contributed by atoms with van der Waals surface area (Å²) in [6, 6.07) is 0.582. The van der Waals surface area contributed by atoms with Crippen LogP contribution in [0.3, 0.4) is 0 Å². The van der Waals surface area contributed by atoms with Crippen LogP contribution in [0.4, 0.5) is 0 Å². The van der Waals surface area contributed by atoms with Gasteiger partial charge < -0.3 is 4.74 Å². The Kier molecular flexibility index (Phi) is 4.88. The zero-order chi connectivity index (χ0) is 14.9. The molecule has 0 radical (unpaired) electrons. The highest BCUT2D eigenvalue weighted by atomic mass is 32.2. The van der Waals surface area contributed by atoms with E-state index in [1.165, 1.54) is 6.42 Å². The fourth-order valence-electron chi connectivity index (χ4n) is 4.02. The predicted octanol–water partition coefficient (Wildman–Crippen LogP) is 1.30. The molecule has 0 bridgehead atoms. The molecule has 0 amide bonds. The average molecular weight is 316 g/mol. The topological polar surface area (TPSA) is 49.9 Å². The third-order valence-corrected chi connectivity index (χ3v) is 7.34. The molecule has 3 heterocycles. The molecule has 21 heavy (non-hydrogen) atoms. The number of hydrogen-bond donors (Lipinski definition) is 0. The average Bonchev–Trinajstić information content (AvgIpc) is 2.92. The van der Waals surface area contributed by atoms with Crippen molar-refractivity contribution in [2.45, 2.75) is 51.1 Å². The first kappa shape index (κ1) is 15.7. The maximum absolute atomic E-state index is 12.7. The van der Waals surface area contributed by atoms with E-state index in [1.54, 1.807) is 4.31 Å². The quantitative estimate of drug-likeness (QED) is 0.784. The lowest BCUT2D eigenvalue weighted by Crippen LogP contribution is -2.57. The van der Waals surface area contributed by atoms with E-state index in [4.69, 9.17) is 4.74 Å². The monoisotopic (exact) mass is 316 g/mol. The number of nitrogens with zero attached hydrogens (tertiary/aromatic N) is 2. The van der Waals surface area contributed by atoms with Gasteiger partial charge >= 0.3 is 0 Å². The van der Waals surface area contributed by atoms with Gasteiger partial charge in [-0.2, -0.15) is 4.31 Å². The van der Waals surface area contributed by atoms with Gasteiger partial charge in [-0.25, -0.2) is 8.42 Å². The van der Waals surface area contributed by atoms with Crippen LogP contribution in [0, 0.1) is 5.92 Å². The van der Waals surface area contributed by atoms with Crippen LogP contribution in [-0.4, -0.2) is 68.3 Å². The molecular formula is C15H28N2O3S. The van der Waals surface area contributed by atoms with Gasteiger partial charge in [0.15, 0.2) is 0 Å². The van der Waals surface area contributed by atoms with E-state index in [1.807, 2.05) is 0 Å². The summed E-state index contributed by atoms with van der Waals surface area (Å²) in [5.41, 5.74) is 0. The van der Waals surface area contributed by atoms with Gasteiger partial charge in [0.2, 0.25) is 10.0 Å². The maximum atomic E-state index is 12.7. The minimum absolute atomic E-state index is 0.124. The predicted molar refractivity (Wildman–Crippen MR) is 82.7 cm³/mol. The van der Waals surface area contributed by atoms with E-state index in [0.29, 0.717) is 24.3 Å². The van der Waals surface area contributed by atoms with Crippen molar-refractivity contribution in [3.8, 4) is 0 Å². The van der Waals surface area contributed by atoms with Crippen molar-refractivity contribution in [2.24, 2.45) is 5.92 Å². The molecule has 0 N–H and O–H groups in total. The molecule has 2 atom stereocenters. The maximum Gasteiger partial charge on any atom is 0.214 e. The number of fused-ring (bicyclic) bond motifs is 1. The number of sulfonamides is 1. The van der Waals surface area contributed by atoms with Crippen molar-refractivity contribution in [1.82, 2.24) is 9.21 Å². The summed E-state index contributed by atoms with van der Waals surface area (Å²) >= 11 is 0. The Morgan fingerprint density at radius 1 is 1.14 bits per heavy atom. The molecule has 0 aromatic rings. The SMILES string of the molecule is C[C@@H]1CN2CCC[C@H]2CN1S(=O)(=O)CCC1CCOCC1. The van der Waals surface area contributed by atoms with E-state index in [9.17, 15) is 8.42 Å². The van der Waals surface area contributed by atoms with Crippen LogP contribution in [0.2, 0.25) is 0 Å². The van der Waals surface area contributed by atoms with Crippen LogP contribution in [0.15, 0.2) is 0 Å². The van der Waals surface area contributed by atoms with E-state index < -0.39 is 10.0 Å². The fourth-order valence-corrected chi connectivity index (χ4v) is 5.90. The second-order valence-corrected chi connectivity index (χ2v) is 8.91. The normalized spacial score (nSPS) is 33.2. The molecule has 0 spiro atoms. The summed E-state index contributed by atoms with van der Waals surface area (Å²) in [5.74, 6) is 0.839. The minimum atomic E-state index is -3.10. The van der Waals surface area contributed by atoms with Crippen LogP contribution in [0.5, 0.6) is 0 Å². The van der Waals surface area contributed by atoms with Crippen molar-refractivity contribution < 1.29 is 13.2 Å². The molecule has 0 aromatic carbocycles. The van der Waals surface area contributed by atoms with Crippen LogP contribution in [0.25, 0.3) is 0 Å². The highest BCUT2D eigenvalue weighted by molar-refractivity contribution is 7.89. The number of rotatable bonds is 4. The van der Waals surface area contributed by atoms with E-state index >= 15 is 0 Å². The smallest absolute Gasteiger partial charge is 0.214 e. The van der Waals surface area contributed by atoms with Crippen molar-refractivity contribution in [3.63, 3.8) is 0 Å². The lowest BCUT2D eigenvalue weighted by Gasteiger charge is -2.41. The lowest BCUT2D eigenvalue weighted by atomic mass is 9.98. The van der Waals surface area contributed by atoms with Gasteiger partial charge in [0.05, 0.1) is 5.75 Å². The molecule has 122 valence electrons. The molecule has 0 aromatic heterocycles. The van der Waals surface area contributed by atoms with Crippen molar-refractivity contribution in [1.29, 1.82) is 0 Å². The first-order chi connectivity index (χ1) is 10.1. The van der Waals surface area contributed by atoms with E-state index in [0.717, 1.165) is 52.0 Å². The summed E-state index contributed by atoms with van der Waals surface area (Å²) in [4.78, 5) is 2.47. The van der Waals surface area contributed by atoms with Crippen LogP contribution in [-0.2, 0) is 14.8 Å². The largest absolute Gasteiger partial charge is 0.381 e. The Morgan fingerprint density at radius 3 is 2.67 bits per heavy atom. The zero-order valence-electron chi connectivity index (χ0n) is 13.0. The Morgan fingerprint density at radius 2 is 1.90 bits per heavy atom. The first-order valence-electron chi connectivity index (χ1n) is 8.37. The van der Waals surface area contributed by atoms with Crippen molar-refractivity contribution >= 4 is 10.0 Å². The molecule has 0 aliphatic carbocycles. The second-order valence-electron chi connectivity index (χ2n) is 6.87. The Bertz CT molecular complexity index is 448. The standard InChI is InChI=1S/C15H28N2O3S/c1-13-11-16-7-2-3-15(16)12-17(13)21(18,19)10-6-14-4-8-20-9-5-14/h13-15H,2-12H2,1H3/t13-,15+/m1/s1. The molecule has 5 nitrogen and oxygen atoms in total. The summed E-state index contributed by atoms with van der Waals surface area (Å²) in [5, 5.41) is 0. The molecule has 0 unspecified atom stereocenters. The summed E-state index contributed by atoms with van der Waals surface area (Å²) in [6.07, 6.45) is 5.19. The third-order valence-electron chi connectivity index (χ3n) is 5.36. The Hall–Kier alpha value is -0.170. The van der Waals surface area contributed by atoms with E-state index in [-0.39, 0.29) is 6.04 Å². The van der Waals surface area contributed by atoms with Crippen LogP contribution < -0.4 is 0 Å². The molecular weight excluding hydrogens is 288 g/mol. The summed E-state index contributed by atoms with van der Waals surface area (Å²) in [6.45, 7) is 6.40.